The van der Waals surface area contributed by atoms with E-state index >= 15 is 0 Å². The van der Waals surface area contributed by atoms with Crippen LogP contribution in [-0.2, 0) is 12.3 Å². The molecule has 0 radical (unpaired) electrons. The van der Waals surface area contributed by atoms with Crippen LogP contribution in [0.1, 0.15) is 17.1 Å². The maximum atomic E-state index is 5.59. The SMILES string of the molecule is Cc1cccnc1CSc1nnc(C)n1CCN. The molecule has 2 rings (SSSR count). The first kappa shape index (κ1) is 13.0. The highest BCUT2D eigenvalue weighted by Gasteiger charge is 2.09. The Hall–Kier alpha value is -1.40. The summed E-state index contributed by atoms with van der Waals surface area (Å²) in [6.45, 7) is 5.36. The van der Waals surface area contributed by atoms with Crippen molar-refractivity contribution in [2.45, 2.75) is 31.3 Å². The molecule has 0 spiro atoms. The van der Waals surface area contributed by atoms with E-state index in [1.165, 1.54) is 5.56 Å². The van der Waals surface area contributed by atoms with Gasteiger partial charge in [-0.15, -0.1) is 10.2 Å². The van der Waals surface area contributed by atoms with Crippen molar-refractivity contribution in [3.05, 3.63) is 35.4 Å². The standard InChI is InChI=1S/C12H17N5S/c1-9-4-3-6-14-11(9)8-18-12-16-15-10(2)17(12)7-5-13/h3-4,6H,5,7-8,13H2,1-2H3. The van der Waals surface area contributed by atoms with Gasteiger partial charge in [-0.05, 0) is 25.5 Å². The molecule has 0 aromatic carbocycles. The van der Waals surface area contributed by atoms with Crippen molar-refractivity contribution >= 4 is 11.8 Å². The molecule has 0 unspecified atom stereocenters. The van der Waals surface area contributed by atoms with Crippen LogP contribution in [0.25, 0.3) is 0 Å². The number of pyridine rings is 1. The van der Waals surface area contributed by atoms with Crippen LogP contribution < -0.4 is 5.73 Å². The van der Waals surface area contributed by atoms with Crippen LogP contribution >= 0.6 is 11.8 Å². The Kier molecular flexibility index (Phi) is 4.33. The van der Waals surface area contributed by atoms with E-state index in [4.69, 9.17) is 5.73 Å². The number of hydrogen-bond donors (Lipinski definition) is 1. The number of rotatable bonds is 5. The third kappa shape index (κ3) is 2.88. The number of thioether (sulfide) groups is 1. The van der Waals surface area contributed by atoms with Crippen LogP contribution in [0.5, 0.6) is 0 Å². The van der Waals surface area contributed by atoms with Crippen molar-refractivity contribution in [2.24, 2.45) is 5.73 Å². The molecular formula is C12H17N5S. The first-order valence-electron chi connectivity index (χ1n) is 5.85. The first-order chi connectivity index (χ1) is 8.72. The second-order valence-corrected chi connectivity index (χ2v) is 4.97. The molecule has 0 fully saturated rings. The summed E-state index contributed by atoms with van der Waals surface area (Å²) >= 11 is 1.65. The van der Waals surface area contributed by atoms with Gasteiger partial charge in [0.2, 0.25) is 0 Å². The maximum absolute atomic E-state index is 5.59. The third-order valence-electron chi connectivity index (χ3n) is 2.71. The average Bonchev–Trinajstić information content (AvgIpc) is 2.71. The smallest absolute Gasteiger partial charge is 0.191 e. The molecule has 18 heavy (non-hydrogen) atoms. The molecule has 0 amide bonds. The van der Waals surface area contributed by atoms with Gasteiger partial charge in [-0.3, -0.25) is 4.98 Å². The zero-order chi connectivity index (χ0) is 13.0. The molecule has 5 nitrogen and oxygen atoms in total. The highest BCUT2D eigenvalue weighted by Crippen LogP contribution is 2.22. The zero-order valence-corrected chi connectivity index (χ0v) is 11.4. The lowest BCUT2D eigenvalue weighted by Gasteiger charge is -2.07. The van der Waals surface area contributed by atoms with Gasteiger partial charge in [0.05, 0.1) is 5.69 Å². The first-order valence-corrected chi connectivity index (χ1v) is 6.84. The summed E-state index contributed by atoms with van der Waals surface area (Å²) in [4.78, 5) is 4.37. The Balaban J connectivity index is 2.09. The van der Waals surface area contributed by atoms with Crippen molar-refractivity contribution in [1.29, 1.82) is 0 Å². The second-order valence-electron chi connectivity index (χ2n) is 4.03. The number of nitrogens with two attached hydrogens (primary N) is 1. The van der Waals surface area contributed by atoms with Gasteiger partial charge in [0.15, 0.2) is 5.16 Å². The second kappa shape index (κ2) is 5.97. The predicted octanol–water partition coefficient (Wildman–Crippen LogP) is 1.54. The van der Waals surface area contributed by atoms with Crippen LogP contribution in [0, 0.1) is 13.8 Å². The predicted molar refractivity (Wildman–Crippen MR) is 72.3 cm³/mol. The van der Waals surface area contributed by atoms with Gasteiger partial charge in [-0.25, -0.2) is 0 Å². The van der Waals surface area contributed by atoms with Crippen molar-refractivity contribution < 1.29 is 0 Å². The fourth-order valence-electron chi connectivity index (χ4n) is 1.66. The third-order valence-corrected chi connectivity index (χ3v) is 3.69. The highest BCUT2D eigenvalue weighted by atomic mass is 32.2. The van der Waals surface area contributed by atoms with Crippen LogP contribution in [0.15, 0.2) is 23.5 Å². The highest BCUT2D eigenvalue weighted by molar-refractivity contribution is 7.98. The molecule has 2 aromatic rings. The van der Waals surface area contributed by atoms with E-state index in [2.05, 4.69) is 28.2 Å². The number of hydrogen-bond acceptors (Lipinski definition) is 5. The van der Waals surface area contributed by atoms with Gasteiger partial charge in [-0.1, -0.05) is 17.8 Å². The summed E-state index contributed by atoms with van der Waals surface area (Å²) < 4.78 is 2.04. The molecule has 0 atom stereocenters. The zero-order valence-electron chi connectivity index (χ0n) is 10.6. The molecule has 0 saturated carbocycles. The molecule has 6 heteroatoms. The molecule has 0 aliphatic rings. The summed E-state index contributed by atoms with van der Waals surface area (Å²) in [5, 5.41) is 9.16. The van der Waals surface area contributed by atoms with Gasteiger partial charge >= 0.3 is 0 Å². The number of aryl methyl sites for hydroxylation is 2. The Morgan fingerprint density at radius 2 is 2.17 bits per heavy atom. The molecule has 0 aliphatic heterocycles. The average molecular weight is 263 g/mol. The molecule has 0 bridgehead atoms. The Morgan fingerprint density at radius 1 is 1.33 bits per heavy atom. The maximum Gasteiger partial charge on any atom is 0.191 e. The molecule has 96 valence electrons. The normalized spacial score (nSPS) is 10.8. The van der Waals surface area contributed by atoms with E-state index in [1.54, 1.807) is 11.8 Å². The minimum atomic E-state index is 0.592. The Morgan fingerprint density at radius 3 is 2.89 bits per heavy atom. The van der Waals surface area contributed by atoms with Crippen LogP contribution in [0.2, 0.25) is 0 Å². The summed E-state index contributed by atoms with van der Waals surface area (Å²) in [6, 6.07) is 4.02. The van der Waals surface area contributed by atoms with Crippen molar-refractivity contribution in [1.82, 2.24) is 19.7 Å². The lowest BCUT2D eigenvalue weighted by molar-refractivity contribution is 0.627. The Labute approximate surface area is 111 Å². The number of nitrogens with zero attached hydrogens (tertiary/aromatic N) is 4. The van der Waals surface area contributed by atoms with Gasteiger partial charge < -0.3 is 10.3 Å². The molecular weight excluding hydrogens is 246 g/mol. The van der Waals surface area contributed by atoms with Crippen LogP contribution in [0.4, 0.5) is 0 Å². The Bertz CT molecular complexity index is 523. The lowest BCUT2D eigenvalue weighted by atomic mass is 10.2. The molecule has 0 aliphatic carbocycles. The quantitative estimate of drug-likeness (QED) is 0.829. The van der Waals surface area contributed by atoms with E-state index in [1.807, 2.05) is 23.8 Å². The molecule has 2 heterocycles. The summed E-state index contributed by atoms with van der Waals surface area (Å²) in [7, 11) is 0. The van der Waals surface area contributed by atoms with E-state index in [-0.39, 0.29) is 0 Å². The van der Waals surface area contributed by atoms with E-state index < -0.39 is 0 Å². The van der Waals surface area contributed by atoms with Crippen molar-refractivity contribution in [2.75, 3.05) is 6.54 Å². The van der Waals surface area contributed by atoms with Crippen molar-refractivity contribution in [3.63, 3.8) is 0 Å². The van der Waals surface area contributed by atoms with Crippen LogP contribution in [0.3, 0.4) is 0 Å². The van der Waals surface area contributed by atoms with E-state index in [0.29, 0.717) is 6.54 Å². The minimum absolute atomic E-state index is 0.592. The summed E-state index contributed by atoms with van der Waals surface area (Å²) in [5.74, 6) is 1.70. The van der Waals surface area contributed by atoms with Gasteiger partial charge in [-0.2, -0.15) is 0 Å². The van der Waals surface area contributed by atoms with E-state index in [9.17, 15) is 0 Å². The number of aromatic nitrogens is 4. The van der Waals surface area contributed by atoms with Gasteiger partial charge in [0.1, 0.15) is 5.82 Å². The fraction of sp³-hybridized carbons (Fsp3) is 0.417. The molecule has 2 aromatic heterocycles. The van der Waals surface area contributed by atoms with Gasteiger partial charge in [0, 0.05) is 25.0 Å². The summed E-state index contributed by atoms with van der Waals surface area (Å²) in [5.41, 5.74) is 7.88. The van der Waals surface area contributed by atoms with Crippen molar-refractivity contribution in [3.8, 4) is 0 Å². The topological polar surface area (TPSA) is 69.6 Å². The monoisotopic (exact) mass is 263 g/mol. The largest absolute Gasteiger partial charge is 0.329 e. The van der Waals surface area contributed by atoms with E-state index in [0.717, 1.165) is 29.0 Å². The minimum Gasteiger partial charge on any atom is -0.329 e. The van der Waals surface area contributed by atoms with Crippen LogP contribution in [-0.4, -0.2) is 26.3 Å². The molecule has 0 saturated heterocycles. The fourth-order valence-corrected chi connectivity index (χ4v) is 2.70. The van der Waals surface area contributed by atoms with Gasteiger partial charge in [0.25, 0.3) is 0 Å². The molecule has 2 N–H and O–H groups in total. The summed E-state index contributed by atoms with van der Waals surface area (Å²) in [6.07, 6.45) is 1.82. The lowest BCUT2D eigenvalue weighted by Crippen LogP contribution is -2.12.